The molecule has 0 spiro atoms. The van der Waals surface area contributed by atoms with Crippen LogP contribution in [-0.2, 0) is 0 Å². The molecule has 0 saturated carbocycles. The van der Waals surface area contributed by atoms with Crippen LogP contribution in [0.5, 0.6) is 11.5 Å². The number of halogens is 1. The Balaban J connectivity index is 1.96. The predicted octanol–water partition coefficient (Wildman–Crippen LogP) is 7.10. The van der Waals surface area contributed by atoms with E-state index in [0.29, 0.717) is 0 Å². The summed E-state index contributed by atoms with van der Waals surface area (Å²) in [6.45, 7) is 13.9. The molecule has 0 aliphatic rings. The van der Waals surface area contributed by atoms with Crippen LogP contribution in [0, 0.1) is 5.82 Å². The van der Waals surface area contributed by atoms with E-state index >= 15 is 0 Å². The van der Waals surface area contributed by atoms with Gasteiger partial charge in [0, 0.05) is 12.4 Å². The summed E-state index contributed by atoms with van der Waals surface area (Å²) >= 11 is 0. The van der Waals surface area contributed by atoms with E-state index in [2.05, 4.69) is 11.6 Å². The smallest absolute Gasteiger partial charge is 0.165 e. The van der Waals surface area contributed by atoms with E-state index in [9.17, 15) is 4.39 Å². The highest BCUT2D eigenvalue weighted by Crippen LogP contribution is 2.23. The first-order chi connectivity index (χ1) is 14.3. The topological polar surface area (TPSA) is 30.8 Å². The minimum Gasteiger partial charge on any atom is -0.491 e. The largest absolute Gasteiger partial charge is 0.491 e. The Kier molecular flexibility index (Phi) is 8.60. The second-order valence-corrected chi connectivity index (χ2v) is 7.49. The third kappa shape index (κ3) is 7.36. The average molecular weight is 408 g/mol. The van der Waals surface area contributed by atoms with Gasteiger partial charge in [0.1, 0.15) is 5.75 Å². The van der Waals surface area contributed by atoms with Gasteiger partial charge in [-0.2, -0.15) is 0 Å². The maximum absolute atomic E-state index is 14.0. The Morgan fingerprint density at radius 1 is 1.00 bits per heavy atom. The van der Waals surface area contributed by atoms with Crippen LogP contribution in [-0.4, -0.2) is 18.4 Å². The van der Waals surface area contributed by atoms with Crippen LogP contribution in [0.15, 0.2) is 71.9 Å². The van der Waals surface area contributed by atoms with Crippen molar-refractivity contribution in [1.82, 2.24) is 0 Å². The molecular weight excluding hydrogens is 377 g/mol. The molecule has 0 unspecified atom stereocenters. The van der Waals surface area contributed by atoms with E-state index in [4.69, 9.17) is 9.47 Å². The van der Waals surface area contributed by atoms with Gasteiger partial charge in [0.05, 0.1) is 12.2 Å². The van der Waals surface area contributed by atoms with Gasteiger partial charge in [-0.05, 0) is 93.3 Å². The molecule has 0 heterocycles. The van der Waals surface area contributed by atoms with E-state index in [1.54, 1.807) is 30.6 Å². The van der Waals surface area contributed by atoms with Gasteiger partial charge in [-0.1, -0.05) is 24.8 Å². The number of hydrogen-bond acceptors (Lipinski definition) is 3. The number of rotatable bonds is 9. The first kappa shape index (κ1) is 23.1. The van der Waals surface area contributed by atoms with Crippen molar-refractivity contribution in [2.45, 2.75) is 46.8 Å². The van der Waals surface area contributed by atoms with Gasteiger partial charge in [0.2, 0.25) is 0 Å². The average Bonchev–Trinajstić information content (AvgIpc) is 2.69. The Morgan fingerprint density at radius 3 is 2.27 bits per heavy atom. The van der Waals surface area contributed by atoms with E-state index < -0.39 is 0 Å². The summed E-state index contributed by atoms with van der Waals surface area (Å²) in [6, 6.07) is 12.7. The van der Waals surface area contributed by atoms with Crippen LogP contribution in [0.4, 0.5) is 4.39 Å². The minimum atomic E-state index is -0.383. The van der Waals surface area contributed by atoms with Crippen molar-refractivity contribution in [3.63, 3.8) is 0 Å². The Hall–Kier alpha value is -3.14. The summed E-state index contributed by atoms with van der Waals surface area (Å²) in [5.74, 6) is 0.716. The molecule has 0 bridgehead atoms. The zero-order valence-corrected chi connectivity index (χ0v) is 18.4. The highest BCUT2D eigenvalue weighted by molar-refractivity contribution is 5.84. The third-order valence-corrected chi connectivity index (χ3v) is 4.13. The van der Waals surface area contributed by atoms with Crippen LogP contribution in [0.25, 0.3) is 11.6 Å². The van der Waals surface area contributed by atoms with Crippen molar-refractivity contribution in [1.29, 1.82) is 0 Å². The molecule has 2 rings (SSSR count). The van der Waals surface area contributed by atoms with Crippen LogP contribution in [0.1, 0.15) is 45.7 Å². The molecule has 0 fully saturated rings. The predicted molar refractivity (Wildman–Crippen MR) is 125 cm³/mol. The van der Waals surface area contributed by atoms with Gasteiger partial charge in [0.25, 0.3) is 0 Å². The van der Waals surface area contributed by atoms with Crippen molar-refractivity contribution in [3.8, 4) is 11.5 Å². The second-order valence-electron chi connectivity index (χ2n) is 7.49. The molecule has 2 aromatic rings. The Morgan fingerprint density at radius 2 is 1.67 bits per heavy atom. The van der Waals surface area contributed by atoms with Crippen molar-refractivity contribution in [2.24, 2.45) is 4.99 Å². The fourth-order valence-corrected chi connectivity index (χ4v) is 2.64. The second kappa shape index (κ2) is 11.1. The standard InChI is InChI=1S/C26H30FNO2/c1-18(2)29-24-10-8-23(9-11-24)21(6)20(5)13-15-28-16-14-22-7-12-26(25(27)17-22)30-19(3)4/h7-19H,6H2,1-5H3/b16-14+,20-13-,28-15-. The highest BCUT2D eigenvalue weighted by atomic mass is 19.1. The zero-order chi connectivity index (χ0) is 22.1. The third-order valence-electron chi connectivity index (χ3n) is 4.13. The lowest BCUT2D eigenvalue weighted by atomic mass is 10.0. The maximum atomic E-state index is 14.0. The van der Waals surface area contributed by atoms with Crippen LogP contribution in [0.2, 0.25) is 0 Å². The van der Waals surface area contributed by atoms with Gasteiger partial charge >= 0.3 is 0 Å². The molecule has 0 aliphatic heterocycles. The first-order valence-corrected chi connectivity index (χ1v) is 10.1. The molecule has 0 saturated heterocycles. The number of allylic oxidation sites excluding steroid dienone is 3. The molecule has 30 heavy (non-hydrogen) atoms. The van der Waals surface area contributed by atoms with E-state index in [1.807, 2.05) is 65.0 Å². The molecule has 0 aliphatic carbocycles. The summed E-state index contributed by atoms with van der Waals surface area (Å²) < 4.78 is 25.1. The first-order valence-electron chi connectivity index (χ1n) is 10.1. The number of benzene rings is 2. The summed E-state index contributed by atoms with van der Waals surface area (Å²) in [4.78, 5) is 4.23. The summed E-state index contributed by atoms with van der Waals surface area (Å²) in [7, 11) is 0. The van der Waals surface area contributed by atoms with Gasteiger partial charge in [-0.25, -0.2) is 4.39 Å². The molecule has 4 heteroatoms. The number of nitrogens with zero attached hydrogens (tertiary/aromatic N) is 1. The van der Waals surface area contributed by atoms with E-state index in [-0.39, 0.29) is 23.8 Å². The van der Waals surface area contributed by atoms with Crippen LogP contribution >= 0.6 is 0 Å². The van der Waals surface area contributed by atoms with E-state index in [1.165, 1.54) is 6.07 Å². The van der Waals surface area contributed by atoms with Crippen LogP contribution < -0.4 is 9.47 Å². The molecule has 3 nitrogen and oxygen atoms in total. The molecular formula is C26H30FNO2. The number of ether oxygens (including phenoxy) is 2. The minimum absolute atomic E-state index is 0.0680. The summed E-state index contributed by atoms with van der Waals surface area (Å²) in [5.41, 5.74) is 3.67. The molecule has 0 amide bonds. The molecule has 0 N–H and O–H groups in total. The zero-order valence-electron chi connectivity index (χ0n) is 18.4. The van der Waals surface area contributed by atoms with Gasteiger partial charge in [0.15, 0.2) is 11.6 Å². The molecule has 0 atom stereocenters. The molecule has 0 aromatic heterocycles. The van der Waals surface area contributed by atoms with Crippen molar-refractivity contribution in [3.05, 3.63) is 83.8 Å². The summed E-state index contributed by atoms with van der Waals surface area (Å²) in [5, 5.41) is 0. The lowest BCUT2D eigenvalue weighted by Gasteiger charge is -2.11. The van der Waals surface area contributed by atoms with Gasteiger partial charge in [-0.3, -0.25) is 4.99 Å². The number of hydrogen-bond donors (Lipinski definition) is 0. The molecule has 158 valence electrons. The normalized spacial score (nSPS) is 12.3. The monoisotopic (exact) mass is 407 g/mol. The fraction of sp³-hybridized carbons (Fsp3) is 0.269. The molecule has 0 radical (unpaired) electrons. The fourth-order valence-electron chi connectivity index (χ4n) is 2.64. The quantitative estimate of drug-likeness (QED) is 0.328. The number of aliphatic imine (C=N–C) groups is 1. The highest BCUT2D eigenvalue weighted by Gasteiger charge is 2.05. The van der Waals surface area contributed by atoms with Crippen LogP contribution in [0.3, 0.4) is 0 Å². The molecule has 2 aromatic carbocycles. The summed E-state index contributed by atoms with van der Waals surface area (Å²) in [6.07, 6.45) is 7.03. The van der Waals surface area contributed by atoms with Crippen molar-refractivity contribution < 1.29 is 13.9 Å². The van der Waals surface area contributed by atoms with E-state index in [0.717, 1.165) is 28.0 Å². The van der Waals surface area contributed by atoms with Crippen molar-refractivity contribution in [2.75, 3.05) is 0 Å². The Bertz CT molecular complexity index is 938. The Labute approximate surface area is 179 Å². The SMILES string of the molecule is C=C(\C(C)=C/C=N\C=C\c1ccc(OC(C)C)c(F)c1)c1ccc(OC(C)C)cc1. The van der Waals surface area contributed by atoms with Crippen molar-refractivity contribution >= 4 is 17.9 Å². The van der Waals surface area contributed by atoms with Gasteiger partial charge < -0.3 is 9.47 Å². The maximum Gasteiger partial charge on any atom is 0.165 e. The lowest BCUT2D eigenvalue weighted by molar-refractivity contribution is 0.231. The lowest BCUT2D eigenvalue weighted by Crippen LogP contribution is -2.06. The van der Waals surface area contributed by atoms with Gasteiger partial charge in [-0.15, -0.1) is 0 Å².